The van der Waals surface area contributed by atoms with Crippen LogP contribution in [0.2, 0.25) is 0 Å². The number of imide groups is 6. The lowest BCUT2D eigenvalue weighted by atomic mass is 9.78. The van der Waals surface area contributed by atoms with E-state index in [2.05, 4.69) is 10.6 Å². The summed E-state index contributed by atoms with van der Waals surface area (Å²) < 4.78 is 0. The zero-order valence-electron chi connectivity index (χ0n) is 24.3. The fourth-order valence-corrected chi connectivity index (χ4v) is 5.86. The summed E-state index contributed by atoms with van der Waals surface area (Å²) in [6, 6.07) is -1.78. The molecule has 2 N–H and O–H groups in total. The molecular weight excluding hydrogens is 552 g/mol. The highest BCUT2D eigenvalue weighted by Crippen LogP contribution is 2.34. The largest absolute Gasteiger partial charge is 0.332 e. The van der Waals surface area contributed by atoms with Gasteiger partial charge in [-0.2, -0.15) is 0 Å². The van der Waals surface area contributed by atoms with E-state index in [4.69, 9.17) is 0 Å². The maximum absolute atomic E-state index is 12.0. The van der Waals surface area contributed by atoms with E-state index in [1.54, 1.807) is 0 Å². The monoisotopic (exact) mass is 590 g/mol. The molecule has 0 aromatic heterocycles. The number of nitrogens with zero attached hydrogens (tertiary/aromatic N) is 4. The quantitative estimate of drug-likeness (QED) is 0.438. The van der Waals surface area contributed by atoms with Gasteiger partial charge >= 0.3 is 18.1 Å². The van der Waals surface area contributed by atoms with Crippen LogP contribution in [-0.2, 0) is 28.8 Å². The second-order valence-electron chi connectivity index (χ2n) is 11.1. The van der Waals surface area contributed by atoms with Gasteiger partial charge in [0.15, 0.2) is 0 Å². The maximum Gasteiger partial charge on any atom is 0.332 e. The Hall–Kier alpha value is -4.17. The maximum atomic E-state index is 12.0. The van der Waals surface area contributed by atoms with Gasteiger partial charge in [-0.15, -0.1) is 0 Å². The third-order valence-corrected chi connectivity index (χ3v) is 8.42. The minimum atomic E-state index is -0.700. The van der Waals surface area contributed by atoms with Gasteiger partial charge in [0.05, 0.1) is 0 Å². The van der Waals surface area contributed by atoms with E-state index in [-0.39, 0.29) is 30.1 Å². The number of urea groups is 3. The zero-order valence-corrected chi connectivity index (χ0v) is 24.3. The highest BCUT2D eigenvalue weighted by molar-refractivity contribution is 6.17. The summed E-state index contributed by atoms with van der Waals surface area (Å²) in [5.41, 5.74) is 0. The summed E-state index contributed by atoms with van der Waals surface area (Å²) in [4.78, 5) is 106. The molecule has 3 heterocycles. The second-order valence-corrected chi connectivity index (χ2v) is 11.1. The highest BCUT2D eigenvalue weighted by Gasteiger charge is 2.46. The fourth-order valence-electron chi connectivity index (χ4n) is 5.86. The van der Waals surface area contributed by atoms with Crippen LogP contribution in [0.1, 0.15) is 64.2 Å². The minimum absolute atomic E-state index is 0.113. The third kappa shape index (κ3) is 6.99. The van der Waals surface area contributed by atoms with Gasteiger partial charge in [-0.3, -0.25) is 59.0 Å². The van der Waals surface area contributed by atoms with Crippen LogP contribution in [0.15, 0.2) is 0 Å². The molecule has 0 atom stereocenters. The molecule has 5 aliphatic rings. The van der Waals surface area contributed by atoms with Gasteiger partial charge in [0.25, 0.3) is 0 Å². The van der Waals surface area contributed by atoms with Gasteiger partial charge < -0.3 is 0 Å². The van der Waals surface area contributed by atoms with Crippen LogP contribution in [-0.4, -0.2) is 101 Å². The van der Waals surface area contributed by atoms with E-state index < -0.39 is 53.6 Å². The molecule has 12 amide bonds. The average Bonchev–Trinajstić information content (AvgIpc) is 3.48. The first-order valence-corrected chi connectivity index (χ1v) is 14.1. The van der Waals surface area contributed by atoms with E-state index in [0.717, 1.165) is 71.0 Å². The smallest absolute Gasteiger partial charge is 0.277 e. The van der Waals surface area contributed by atoms with Crippen molar-refractivity contribution in [2.75, 3.05) is 28.2 Å². The van der Waals surface area contributed by atoms with Gasteiger partial charge in [-0.05, 0) is 37.5 Å². The number of carbonyl (C=O) groups is 9. The van der Waals surface area contributed by atoms with Crippen LogP contribution in [0.4, 0.5) is 14.4 Å². The van der Waals surface area contributed by atoms with Crippen LogP contribution in [0, 0.1) is 23.7 Å². The Kier molecular flexibility index (Phi) is 10.5. The average molecular weight is 591 g/mol. The molecule has 0 aromatic rings. The third-order valence-electron chi connectivity index (χ3n) is 8.42. The molecule has 0 aromatic carbocycles. The SMILES string of the molecule is CN1C(=O)C(C2CCCCC2)C(=O)N(C)C1=O.CN1C(=O)CC(=O)N(C)C1=O.O=C1NC(=O)C(C2CCCC2)C(=O)N1. The number of nitrogens with one attached hydrogen (secondary N) is 2. The fraction of sp³-hybridized carbons (Fsp3) is 0.667. The van der Waals surface area contributed by atoms with Crippen molar-refractivity contribution in [2.24, 2.45) is 23.7 Å². The Morgan fingerprint density at radius 2 is 0.857 bits per heavy atom. The van der Waals surface area contributed by atoms with Gasteiger partial charge in [0, 0.05) is 28.2 Å². The summed E-state index contributed by atoms with van der Waals surface area (Å²) in [6.07, 6.45) is 8.88. The van der Waals surface area contributed by atoms with E-state index in [1.807, 2.05) is 0 Å². The Bertz CT molecular complexity index is 1110. The van der Waals surface area contributed by atoms with Crippen molar-refractivity contribution >= 4 is 53.5 Å². The second kappa shape index (κ2) is 13.7. The molecule has 5 fully saturated rings. The van der Waals surface area contributed by atoms with E-state index in [1.165, 1.54) is 34.6 Å². The Morgan fingerprint density at radius 3 is 1.29 bits per heavy atom. The summed E-state index contributed by atoms with van der Waals surface area (Å²) in [5.74, 6) is -3.49. The zero-order chi connectivity index (χ0) is 31.3. The van der Waals surface area contributed by atoms with Crippen molar-refractivity contribution in [1.29, 1.82) is 0 Å². The van der Waals surface area contributed by atoms with Crippen LogP contribution in [0.25, 0.3) is 0 Å². The summed E-state index contributed by atoms with van der Waals surface area (Å²) >= 11 is 0. The van der Waals surface area contributed by atoms with E-state index >= 15 is 0 Å². The van der Waals surface area contributed by atoms with Crippen molar-refractivity contribution in [3.8, 4) is 0 Å². The number of hydrogen-bond donors (Lipinski definition) is 2. The predicted octanol–water partition coefficient (Wildman–Crippen LogP) is 0.819. The molecule has 5 rings (SSSR count). The van der Waals surface area contributed by atoms with Crippen LogP contribution < -0.4 is 10.6 Å². The van der Waals surface area contributed by atoms with Crippen molar-refractivity contribution < 1.29 is 43.2 Å². The molecule has 15 heteroatoms. The van der Waals surface area contributed by atoms with E-state index in [0.29, 0.717) is 0 Å². The highest BCUT2D eigenvalue weighted by atomic mass is 16.2. The number of rotatable bonds is 2. The molecule has 0 spiro atoms. The number of amides is 12. The van der Waals surface area contributed by atoms with Gasteiger partial charge in [-0.25, -0.2) is 14.4 Å². The van der Waals surface area contributed by atoms with Crippen molar-refractivity contribution in [2.45, 2.75) is 64.2 Å². The molecule has 0 radical (unpaired) electrons. The minimum Gasteiger partial charge on any atom is -0.277 e. The molecule has 42 heavy (non-hydrogen) atoms. The van der Waals surface area contributed by atoms with Crippen molar-refractivity contribution in [3.63, 3.8) is 0 Å². The Labute approximate surface area is 243 Å². The molecule has 230 valence electrons. The lowest BCUT2D eigenvalue weighted by Gasteiger charge is -2.37. The Morgan fingerprint density at radius 1 is 0.500 bits per heavy atom. The molecule has 0 unspecified atom stereocenters. The lowest BCUT2D eigenvalue weighted by molar-refractivity contribution is -0.151. The number of barbiturate groups is 3. The summed E-state index contributed by atoms with van der Waals surface area (Å²) in [7, 11) is 5.61. The van der Waals surface area contributed by atoms with E-state index in [9.17, 15) is 43.2 Å². The molecule has 2 aliphatic carbocycles. The summed E-state index contributed by atoms with van der Waals surface area (Å²) in [5, 5.41) is 4.25. The molecule has 3 saturated heterocycles. The van der Waals surface area contributed by atoms with Crippen LogP contribution in [0.3, 0.4) is 0 Å². The number of carbonyl (C=O) groups excluding carboxylic acids is 9. The van der Waals surface area contributed by atoms with Gasteiger partial charge in [-0.1, -0.05) is 32.1 Å². The first-order valence-electron chi connectivity index (χ1n) is 14.1. The van der Waals surface area contributed by atoms with Gasteiger partial charge in [0.1, 0.15) is 18.3 Å². The first kappa shape index (κ1) is 32.3. The molecule has 2 saturated carbocycles. The van der Waals surface area contributed by atoms with Crippen LogP contribution >= 0.6 is 0 Å². The van der Waals surface area contributed by atoms with Crippen molar-refractivity contribution in [3.05, 3.63) is 0 Å². The molecular formula is C27H38N6O9. The van der Waals surface area contributed by atoms with Crippen molar-refractivity contribution in [1.82, 2.24) is 30.2 Å². The standard InChI is InChI=1S/C12H18N2O3.C9H12N2O3.C6H8N2O3/c1-13-10(15)9(8-6-4-3-5-7-8)11(16)14(2)12(13)17;12-7-6(5-3-1-2-4-5)8(13)11-9(14)10-7;1-7-4(9)3-5(10)8(2)6(7)11/h8-9H,3-7H2,1-2H3;5-6H,1-4H2,(H2,10,11,12,13,14);3H2,1-2H3. The molecule has 3 aliphatic heterocycles. The predicted molar refractivity (Wildman–Crippen MR) is 144 cm³/mol. The van der Waals surface area contributed by atoms with Crippen LogP contribution in [0.5, 0.6) is 0 Å². The topological polar surface area (TPSA) is 191 Å². The number of hydrogen-bond acceptors (Lipinski definition) is 9. The Balaban J connectivity index is 0.000000177. The van der Waals surface area contributed by atoms with Gasteiger partial charge in [0.2, 0.25) is 35.4 Å². The molecule has 15 nitrogen and oxygen atoms in total. The normalized spacial score (nSPS) is 23.5. The lowest BCUT2D eigenvalue weighted by Crippen LogP contribution is -2.58. The first-order chi connectivity index (χ1) is 19.8. The molecule has 0 bridgehead atoms. The summed E-state index contributed by atoms with van der Waals surface area (Å²) in [6.45, 7) is 0.